The second kappa shape index (κ2) is 9.65. The average Bonchev–Trinajstić information content (AvgIpc) is 2.78. The van der Waals surface area contributed by atoms with Crippen LogP contribution in [0.2, 0.25) is 0 Å². The molecule has 1 aliphatic rings. The Labute approximate surface area is 178 Å². The highest BCUT2D eigenvalue weighted by molar-refractivity contribution is 5.95. The monoisotopic (exact) mass is 410 g/mol. The molecule has 2 amide bonds. The molecule has 1 heterocycles. The first-order valence-electron chi connectivity index (χ1n) is 10.4. The molecule has 160 valence electrons. The van der Waals surface area contributed by atoms with Crippen molar-refractivity contribution in [1.29, 1.82) is 0 Å². The Hall–Kier alpha value is -3.02. The van der Waals surface area contributed by atoms with Gasteiger partial charge in [0.15, 0.2) is 0 Å². The van der Waals surface area contributed by atoms with Crippen LogP contribution in [0.1, 0.15) is 42.6 Å². The molecule has 6 nitrogen and oxygen atoms in total. The third-order valence-corrected chi connectivity index (χ3v) is 5.53. The molecule has 0 bridgehead atoms. The number of hydrogen-bond donors (Lipinski definition) is 1. The van der Waals surface area contributed by atoms with Gasteiger partial charge in [-0.2, -0.15) is 0 Å². The van der Waals surface area contributed by atoms with Crippen LogP contribution in [0.25, 0.3) is 0 Å². The van der Waals surface area contributed by atoms with Crippen LogP contribution in [0.4, 0.5) is 0 Å². The maximum atomic E-state index is 13.0. The molecule has 3 rings (SSSR count). The zero-order valence-electron chi connectivity index (χ0n) is 17.9. The molecule has 0 spiro atoms. The highest BCUT2D eigenvalue weighted by Crippen LogP contribution is 2.31. The van der Waals surface area contributed by atoms with Gasteiger partial charge in [-0.05, 0) is 68.7 Å². The molecule has 0 unspecified atom stereocenters. The van der Waals surface area contributed by atoms with E-state index in [4.69, 9.17) is 9.47 Å². The summed E-state index contributed by atoms with van der Waals surface area (Å²) in [6.07, 6.45) is 1.55. The van der Waals surface area contributed by atoms with E-state index in [1.54, 1.807) is 36.3 Å². The Morgan fingerprint density at radius 3 is 2.60 bits per heavy atom. The predicted molar refractivity (Wildman–Crippen MR) is 116 cm³/mol. The molecule has 1 aliphatic heterocycles. The molecule has 2 aromatic rings. The summed E-state index contributed by atoms with van der Waals surface area (Å²) in [6.45, 7) is 5.94. The van der Waals surface area contributed by atoms with E-state index in [2.05, 4.69) is 5.32 Å². The van der Waals surface area contributed by atoms with Gasteiger partial charge < -0.3 is 19.7 Å². The number of methoxy groups -OCH3 is 1. The van der Waals surface area contributed by atoms with Crippen molar-refractivity contribution in [3.63, 3.8) is 0 Å². The smallest absolute Gasteiger partial charge is 0.253 e. The molecule has 30 heavy (non-hydrogen) atoms. The molecule has 6 heteroatoms. The molecule has 0 aliphatic carbocycles. The quantitative estimate of drug-likeness (QED) is 0.757. The van der Waals surface area contributed by atoms with E-state index < -0.39 is 5.41 Å². The van der Waals surface area contributed by atoms with Gasteiger partial charge in [0.1, 0.15) is 11.5 Å². The van der Waals surface area contributed by atoms with Crippen molar-refractivity contribution in [1.82, 2.24) is 10.2 Å². The fourth-order valence-corrected chi connectivity index (χ4v) is 3.82. The van der Waals surface area contributed by atoms with Crippen molar-refractivity contribution in [2.75, 3.05) is 26.8 Å². The lowest BCUT2D eigenvalue weighted by molar-refractivity contribution is -0.132. The third kappa shape index (κ3) is 5.12. The standard InChI is InChI=1S/C24H30N2O4/c1-4-30-20-11-9-19(10-12-20)22(27)26-14-6-13-24(2,17-26)23(28)25-16-18-7-5-8-21(15-18)29-3/h5,7-12,15H,4,6,13-14,16-17H2,1-3H3,(H,25,28)/t24-/m0/s1. The number of amides is 2. The molecule has 1 fully saturated rings. The number of piperidine rings is 1. The normalized spacial score (nSPS) is 18.6. The lowest BCUT2D eigenvalue weighted by Crippen LogP contribution is -2.51. The minimum atomic E-state index is -0.613. The first-order chi connectivity index (χ1) is 14.4. The molecular weight excluding hydrogens is 380 g/mol. The summed E-state index contributed by atoms with van der Waals surface area (Å²) in [5.41, 5.74) is 0.974. The minimum Gasteiger partial charge on any atom is -0.497 e. The van der Waals surface area contributed by atoms with Gasteiger partial charge in [-0.3, -0.25) is 9.59 Å². The number of likely N-dealkylation sites (tertiary alicyclic amines) is 1. The Balaban J connectivity index is 1.62. The van der Waals surface area contributed by atoms with Crippen LogP contribution >= 0.6 is 0 Å². The number of carbonyl (C=O) groups excluding carboxylic acids is 2. The zero-order chi connectivity index (χ0) is 21.6. The van der Waals surface area contributed by atoms with Crippen molar-refractivity contribution in [2.24, 2.45) is 5.41 Å². The van der Waals surface area contributed by atoms with E-state index in [1.807, 2.05) is 38.1 Å². The first kappa shape index (κ1) is 21.7. The van der Waals surface area contributed by atoms with Gasteiger partial charge in [-0.25, -0.2) is 0 Å². The highest BCUT2D eigenvalue weighted by Gasteiger charge is 2.39. The van der Waals surface area contributed by atoms with E-state index in [1.165, 1.54) is 0 Å². The Morgan fingerprint density at radius 1 is 1.13 bits per heavy atom. The maximum absolute atomic E-state index is 13.0. The number of nitrogens with zero attached hydrogens (tertiary/aromatic N) is 1. The second-order valence-electron chi connectivity index (χ2n) is 7.88. The number of benzene rings is 2. The van der Waals surface area contributed by atoms with Gasteiger partial charge in [0.05, 0.1) is 19.1 Å². The summed E-state index contributed by atoms with van der Waals surface area (Å²) in [5, 5.41) is 3.03. The van der Waals surface area contributed by atoms with E-state index in [9.17, 15) is 9.59 Å². The molecule has 0 aromatic heterocycles. The van der Waals surface area contributed by atoms with E-state index in [0.717, 1.165) is 29.9 Å². The molecule has 1 saturated heterocycles. The number of carbonyl (C=O) groups is 2. The van der Waals surface area contributed by atoms with E-state index in [0.29, 0.717) is 31.8 Å². The van der Waals surface area contributed by atoms with Crippen molar-refractivity contribution < 1.29 is 19.1 Å². The van der Waals surface area contributed by atoms with Crippen molar-refractivity contribution in [2.45, 2.75) is 33.2 Å². The summed E-state index contributed by atoms with van der Waals surface area (Å²) < 4.78 is 10.7. The fraction of sp³-hybridized carbons (Fsp3) is 0.417. The summed E-state index contributed by atoms with van der Waals surface area (Å²) in [4.78, 5) is 27.7. The largest absolute Gasteiger partial charge is 0.497 e. The van der Waals surface area contributed by atoms with Crippen molar-refractivity contribution in [3.05, 3.63) is 59.7 Å². The number of nitrogens with one attached hydrogen (secondary N) is 1. The second-order valence-corrected chi connectivity index (χ2v) is 7.88. The summed E-state index contributed by atoms with van der Waals surface area (Å²) >= 11 is 0. The topological polar surface area (TPSA) is 67.9 Å². The van der Waals surface area contributed by atoms with Gasteiger partial charge >= 0.3 is 0 Å². The van der Waals surface area contributed by atoms with Crippen LogP contribution in [0.3, 0.4) is 0 Å². The van der Waals surface area contributed by atoms with Crippen LogP contribution in [0.5, 0.6) is 11.5 Å². The molecule has 0 saturated carbocycles. The molecular formula is C24H30N2O4. The minimum absolute atomic E-state index is 0.0329. The maximum Gasteiger partial charge on any atom is 0.253 e. The fourth-order valence-electron chi connectivity index (χ4n) is 3.82. The zero-order valence-corrected chi connectivity index (χ0v) is 17.9. The number of rotatable bonds is 7. The summed E-state index contributed by atoms with van der Waals surface area (Å²) in [7, 11) is 1.62. The third-order valence-electron chi connectivity index (χ3n) is 5.53. The summed E-state index contributed by atoms with van der Waals surface area (Å²) in [5.74, 6) is 1.42. The van der Waals surface area contributed by atoms with Gasteiger partial charge in [0, 0.05) is 25.2 Å². The SMILES string of the molecule is CCOc1ccc(C(=O)N2CCC[C@](C)(C(=O)NCc3cccc(OC)c3)C2)cc1. The van der Waals surface area contributed by atoms with E-state index in [-0.39, 0.29) is 11.8 Å². The lowest BCUT2D eigenvalue weighted by Gasteiger charge is -2.39. The van der Waals surface area contributed by atoms with Crippen molar-refractivity contribution >= 4 is 11.8 Å². The van der Waals surface area contributed by atoms with Gasteiger partial charge in [-0.1, -0.05) is 12.1 Å². The Morgan fingerprint density at radius 2 is 1.90 bits per heavy atom. The number of hydrogen-bond acceptors (Lipinski definition) is 4. The predicted octanol–water partition coefficient (Wildman–Crippen LogP) is 3.65. The molecule has 1 N–H and O–H groups in total. The van der Waals surface area contributed by atoms with Crippen LogP contribution in [0.15, 0.2) is 48.5 Å². The first-order valence-corrected chi connectivity index (χ1v) is 10.4. The van der Waals surface area contributed by atoms with Gasteiger partial charge in [0.2, 0.25) is 5.91 Å². The number of ether oxygens (including phenoxy) is 2. The van der Waals surface area contributed by atoms with Crippen LogP contribution in [-0.4, -0.2) is 43.5 Å². The molecule has 0 radical (unpaired) electrons. The Bertz CT molecular complexity index is 881. The lowest BCUT2D eigenvalue weighted by atomic mass is 9.80. The van der Waals surface area contributed by atoms with Crippen LogP contribution < -0.4 is 14.8 Å². The van der Waals surface area contributed by atoms with Gasteiger partial charge in [0.25, 0.3) is 5.91 Å². The van der Waals surface area contributed by atoms with Gasteiger partial charge in [-0.15, -0.1) is 0 Å². The van der Waals surface area contributed by atoms with Crippen LogP contribution in [0, 0.1) is 5.41 Å². The van der Waals surface area contributed by atoms with Crippen LogP contribution in [-0.2, 0) is 11.3 Å². The summed E-state index contributed by atoms with van der Waals surface area (Å²) in [6, 6.07) is 14.8. The Kier molecular flexibility index (Phi) is 6.98. The average molecular weight is 411 g/mol. The van der Waals surface area contributed by atoms with Crippen molar-refractivity contribution in [3.8, 4) is 11.5 Å². The highest BCUT2D eigenvalue weighted by atomic mass is 16.5. The molecule has 2 aromatic carbocycles. The molecule has 1 atom stereocenters. The van der Waals surface area contributed by atoms with E-state index >= 15 is 0 Å².